The summed E-state index contributed by atoms with van der Waals surface area (Å²) >= 11 is 5.20. The molecular formula is C17H14F2N4O2S. The second-order valence-corrected chi connectivity index (χ2v) is 5.47. The summed E-state index contributed by atoms with van der Waals surface area (Å²) in [6.45, 7) is -2.87. The van der Waals surface area contributed by atoms with Gasteiger partial charge in [-0.2, -0.15) is 23.7 Å². The van der Waals surface area contributed by atoms with E-state index < -0.39 is 6.61 Å². The van der Waals surface area contributed by atoms with Gasteiger partial charge in [0.15, 0.2) is 5.82 Å². The minimum Gasteiger partial charge on any atom is -0.497 e. The van der Waals surface area contributed by atoms with Crippen molar-refractivity contribution >= 4 is 18.4 Å². The largest absolute Gasteiger partial charge is 0.497 e. The highest BCUT2D eigenvalue weighted by Gasteiger charge is 2.10. The average molecular weight is 376 g/mol. The van der Waals surface area contributed by atoms with Gasteiger partial charge in [0.25, 0.3) is 0 Å². The second-order valence-electron chi connectivity index (χ2n) is 5.08. The highest BCUT2D eigenvalue weighted by Crippen LogP contribution is 2.22. The third-order valence-corrected chi connectivity index (χ3v) is 3.69. The maximum Gasteiger partial charge on any atom is 0.387 e. The molecule has 134 valence electrons. The Labute approximate surface area is 152 Å². The number of methoxy groups -OCH3 is 1. The molecule has 26 heavy (non-hydrogen) atoms. The van der Waals surface area contributed by atoms with Crippen molar-refractivity contribution < 1.29 is 18.3 Å². The van der Waals surface area contributed by atoms with Gasteiger partial charge < -0.3 is 9.47 Å². The van der Waals surface area contributed by atoms with Crippen molar-refractivity contribution in [1.29, 1.82) is 0 Å². The molecule has 1 heterocycles. The number of benzene rings is 2. The molecule has 6 nitrogen and oxygen atoms in total. The summed E-state index contributed by atoms with van der Waals surface area (Å²) in [5, 5.41) is 11.1. The summed E-state index contributed by atoms with van der Waals surface area (Å²) in [5.74, 6) is 1.25. The van der Waals surface area contributed by atoms with Crippen LogP contribution in [0.15, 0.2) is 53.6 Å². The quantitative estimate of drug-likeness (QED) is 0.520. The fourth-order valence-corrected chi connectivity index (χ4v) is 2.36. The number of H-pyrrole nitrogens is 1. The number of nitrogens with zero attached hydrogens (tertiary/aromatic N) is 3. The maximum absolute atomic E-state index is 12.2. The Morgan fingerprint density at radius 1 is 1.12 bits per heavy atom. The lowest BCUT2D eigenvalue weighted by molar-refractivity contribution is -0.0498. The van der Waals surface area contributed by atoms with Crippen LogP contribution < -0.4 is 9.47 Å². The minimum atomic E-state index is -2.87. The summed E-state index contributed by atoms with van der Waals surface area (Å²) in [4.78, 5) is 0. The standard InChI is InChI=1S/C17H14F2N4O2S/c1-24-13-6-2-11(3-7-13)10-20-23-15(21-22-17(23)26)12-4-8-14(9-5-12)25-16(18)19/h2-10,16H,1H3,(H,22,26). The molecular weight excluding hydrogens is 362 g/mol. The molecule has 0 bridgehead atoms. The molecule has 0 radical (unpaired) electrons. The van der Waals surface area contributed by atoms with Gasteiger partial charge in [0.2, 0.25) is 4.77 Å². The number of aromatic amines is 1. The number of rotatable bonds is 6. The summed E-state index contributed by atoms with van der Waals surface area (Å²) in [5.41, 5.74) is 1.49. The van der Waals surface area contributed by atoms with Crippen LogP contribution in [0.2, 0.25) is 0 Å². The molecule has 1 N–H and O–H groups in total. The van der Waals surface area contributed by atoms with E-state index in [0.717, 1.165) is 11.3 Å². The molecule has 0 atom stereocenters. The molecule has 0 aliphatic heterocycles. The summed E-state index contributed by atoms with van der Waals surface area (Å²) in [6, 6.07) is 13.4. The lowest BCUT2D eigenvalue weighted by Crippen LogP contribution is -2.01. The zero-order chi connectivity index (χ0) is 18.5. The fourth-order valence-electron chi connectivity index (χ4n) is 2.19. The van der Waals surface area contributed by atoms with E-state index in [2.05, 4.69) is 20.0 Å². The Kier molecular flexibility index (Phi) is 5.37. The van der Waals surface area contributed by atoms with Crippen molar-refractivity contribution in [3.05, 3.63) is 58.9 Å². The van der Waals surface area contributed by atoms with Gasteiger partial charge in [-0.05, 0) is 66.3 Å². The second kappa shape index (κ2) is 7.87. The van der Waals surface area contributed by atoms with Crippen LogP contribution in [-0.4, -0.2) is 34.8 Å². The average Bonchev–Trinajstić information content (AvgIpc) is 3.01. The Hall–Kier alpha value is -3.07. The van der Waals surface area contributed by atoms with Crippen LogP contribution in [0.1, 0.15) is 5.56 Å². The topological polar surface area (TPSA) is 64.4 Å². The van der Waals surface area contributed by atoms with E-state index in [1.54, 1.807) is 25.5 Å². The Morgan fingerprint density at radius 3 is 2.38 bits per heavy atom. The highest BCUT2D eigenvalue weighted by atomic mass is 32.1. The number of aromatic nitrogens is 3. The van der Waals surface area contributed by atoms with E-state index in [9.17, 15) is 8.78 Å². The Balaban J connectivity index is 1.86. The summed E-state index contributed by atoms with van der Waals surface area (Å²) in [6.07, 6.45) is 1.63. The van der Waals surface area contributed by atoms with Crippen LogP contribution in [-0.2, 0) is 0 Å². The molecule has 0 aliphatic rings. The lowest BCUT2D eigenvalue weighted by atomic mass is 10.2. The fraction of sp³-hybridized carbons (Fsp3) is 0.118. The van der Waals surface area contributed by atoms with E-state index >= 15 is 0 Å². The van der Waals surface area contributed by atoms with Crippen LogP contribution in [0.3, 0.4) is 0 Å². The Morgan fingerprint density at radius 2 is 1.77 bits per heavy atom. The number of alkyl halides is 2. The first kappa shape index (κ1) is 17.7. The number of ether oxygens (including phenoxy) is 2. The van der Waals surface area contributed by atoms with Gasteiger partial charge in [0.05, 0.1) is 13.3 Å². The predicted molar refractivity (Wildman–Crippen MR) is 95.5 cm³/mol. The SMILES string of the molecule is COc1ccc(C=Nn2c(-c3ccc(OC(F)F)cc3)n[nH]c2=S)cc1. The molecule has 2 aromatic carbocycles. The minimum absolute atomic E-state index is 0.0613. The van der Waals surface area contributed by atoms with E-state index in [1.165, 1.54) is 16.8 Å². The zero-order valence-electron chi connectivity index (χ0n) is 13.6. The van der Waals surface area contributed by atoms with Gasteiger partial charge in [-0.15, -0.1) is 0 Å². The summed E-state index contributed by atoms with van der Waals surface area (Å²) < 4.78 is 35.7. The molecule has 1 aromatic heterocycles. The molecule has 3 rings (SSSR count). The van der Waals surface area contributed by atoms with E-state index in [1.807, 2.05) is 24.3 Å². The van der Waals surface area contributed by atoms with Crippen LogP contribution in [0.5, 0.6) is 11.5 Å². The summed E-state index contributed by atoms with van der Waals surface area (Å²) in [7, 11) is 1.60. The molecule has 0 unspecified atom stereocenters. The van der Waals surface area contributed by atoms with E-state index in [-0.39, 0.29) is 5.75 Å². The van der Waals surface area contributed by atoms with Crippen molar-refractivity contribution in [2.24, 2.45) is 5.10 Å². The van der Waals surface area contributed by atoms with E-state index in [0.29, 0.717) is 16.2 Å². The zero-order valence-corrected chi connectivity index (χ0v) is 14.4. The van der Waals surface area contributed by atoms with Crippen molar-refractivity contribution in [3.63, 3.8) is 0 Å². The first-order valence-electron chi connectivity index (χ1n) is 7.48. The maximum atomic E-state index is 12.2. The molecule has 0 amide bonds. The molecule has 0 saturated heterocycles. The molecule has 0 fully saturated rings. The first-order valence-corrected chi connectivity index (χ1v) is 7.89. The first-order chi connectivity index (χ1) is 12.6. The number of nitrogens with one attached hydrogen (secondary N) is 1. The van der Waals surface area contributed by atoms with Crippen LogP contribution >= 0.6 is 12.2 Å². The third-order valence-electron chi connectivity index (χ3n) is 3.43. The van der Waals surface area contributed by atoms with Gasteiger partial charge >= 0.3 is 6.61 Å². The number of hydrogen-bond acceptors (Lipinski definition) is 5. The molecule has 3 aromatic rings. The van der Waals surface area contributed by atoms with Crippen LogP contribution in [0.25, 0.3) is 11.4 Å². The Bertz CT molecular complexity index is 950. The van der Waals surface area contributed by atoms with Crippen molar-refractivity contribution in [1.82, 2.24) is 14.9 Å². The molecule has 9 heteroatoms. The van der Waals surface area contributed by atoms with Gasteiger partial charge in [0, 0.05) is 5.56 Å². The third kappa shape index (κ3) is 4.12. The van der Waals surface area contributed by atoms with Crippen LogP contribution in [0.4, 0.5) is 8.78 Å². The molecule has 0 saturated carbocycles. The lowest BCUT2D eigenvalue weighted by Gasteiger charge is -2.05. The van der Waals surface area contributed by atoms with Crippen molar-refractivity contribution in [2.75, 3.05) is 7.11 Å². The van der Waals surface area contributed by atoms with E-state index in [4.69, 9.17) is 17.0 Å². The van der Waals surface area contributed by atoms with Crippen molar-refractivity contribution in [2.45, 2.75) is 6.61 Å². The number of hydrogen-bond donors (Lipinski definition) is 1. The monoisotopic (exact) mass is 376 g/mol. The normalized spacial score (nSPS) is 11.2. The van der Waals surface area contributed by atoms with Crippen LogP contribution in [0, 0.1) is 4.77 Å². The van der Waals surface area contributed by atoms with Gasteiger partial charge in [0.1, 0.15) is 11.5 Å². The highest BCUT2D eigenvalue weighted by molar-refractivity contribution is 7.71. The van der Waals surface area contributed by atoms with Gasteiger partial charge in [-0.25, -0.2) is 5.10 Å². The number of halogens is 2. The van der Waals surface area contributed by atoms with Gasteiger partial charge in [-0.3, -0.25) is 0 Å². The predicted octanol–water partition coefficient (Wildman–Crippen LogP) is 4.10. The van der Waals surface area contributed by atoms with Gasteiger partial charge in [-0.1, -0.05) is 0 Å². The van der Waals surface area contributed by atoms with Crippen molar-refractivity contribution in [3.8, 4) is 22.9 Å². The molecule has 0 spiro atoms. The smallest absolute Gasteiger partial charge is 0.387 e. The molecule has 0 aliphatic carbocycles.